The van der Waals surface area contributed by atoms with Crippen LogP contribution >= 0.6 is 0 Å². The van der Waals surface area contributed by atoms with Gasteiger partial charge in [0.2, 0.25) is 5.91 Å². The van der Waals surface area contributed by atoms with E-state index in [0.29, 0.717) is 44.2 Å². The zero-order chi connectivity index (χ0) is 21.7. The summed E-state index contributed by atoms with van der Waals surface area (Å²) in [7, 11) is 0. The normalized spacial score (nSPS) is 15.8. The highest BCUT2D eigenvalue weighted by atomic mass is 16.2. The van der Waals surface area contributed by atoms with Crippen molar-refractivity contribution in [1.29, 1.82) is 0 Å². The van der Waals surface area contributed by atoms with Crippen LogP contribution in [0, 0.1) is 5.92 Å². The van der Waals surface area contributed by atoms with Gasteiger partial charge in [-0.3, -0.25) is 19.8 Å². The Labute approximate surface area is 177 Å². The van der Waals surface area contributed by atoms with Crippen LogP contribution in [0.4, 0.5) is 4.79 Å². The molecule has 2 aromatic carbocycles. The standard InChI is InChI=1S/C23H30N4O3/c1-16(2)15-24-23(30)25-21(28)17(3)26-11-13-27(14-12-26)22(29)20-10-6-8-18-7-4-5-9-19(18)20/h4-10,16-17H,11-15H2,1-3H3,(H2,24,25,28,30). The fourth-order valence-electron chi connectivity index (χ4n) is 3.62. The van der Waals surface area contributed by atoms with Gasteiger partial charge < -0.3 is 10.2 Å². The number of hydrogen-bond acceptors (Lipinski definition) is 4. The Morgan fingerprint density at radius 2 is 1.60 bits per heavy atom. The molecular weight excluding hydrogens is 380 g/mol. The summed E-state index contributed by atoms with van der Waals surface area (Å²) in [5, 5.41) is 7.08. The Morgan fingerprint density at radius 1 is 0.933 bits per heavy atom. The molecule has 0 radical (unpaired) electrons. The minimum absolute atomic E-state index is 0.0108. The van der Waals surface area contributed by atoms with Crippen molar-refractivity contribution in [2.45, 2.75) is 26.8 Å². The lowest BCUT2D eigenvalue weighted by Gasteiger charge is -2.37. The van der Waals surface area contributed by atoms with E-state index in [9.17, 15) is 14.4 Å². The number of nitrogens with one attached hydrogen (secondary N) is 2. The minimum Gasteiger partial charge on any atom is -0.338 e. The van der Waals surface area contributed by atoms with E-state index in [4.69, 9.17) is 0 Å². The van der Waals surface area contributed by atoms with Crippen molar-refractivity contribution in [3.63, 3.8) is 0 Å². The van der Waals surface area contributed by atoms with Crippen molar-refractivity contribution < 1.29 is 14.4 Å². The fraction of sp³-hybridized carbons (Fsp3) is 0.435. The quantitative estimate of drug-likeness (QED) is 0.793. The molecular formula is C23H30N4O3. The summed E-state index contributed by atoms with van der Waals surface area (Å²) in [6.07, 6.45) is 0. The lowest BCUT2D eigenvalue weighted by Crippen LogP contribution is -2.56. The molecule has 160 valence electrons. The van der Waals surface area contributed by atoms with Crippen molar-refractivity contribution in [3.05, 3.63) is 48.0 Å². The number of piperazine rings is 1. The van der Waals surface area contributed by atoms with Gasteiger partial charge >= 0.3 is 6.03 Å². The number of benzene rings is 2. The maximum absolute atomic E-state index is 13.1. The van der Waals surface area contributed by atoms with Crippen LogP contribution < -0.4 is 10.6 Å². The molecule has 30 heavy (non-hydrogen) atoms. The van der Waals surface area contributed by atoms with Crippen LogP contribution in [0.25, 0.3) is 10.8 Å². The largest absolute Gasteiger partial charge is 0.338 e. The SMILES string of the molecule is CC(C)CNC(=O)NC(=O)C(C)N1CCN(C(=O)c2cccc3ccccc23)CC1. The molecule has 0 aliphatic carbocycles. The molecule has 0 bridgehead atoms. The zero-order valence-corrected chi connectivity index (χ0v) is 17.9. The average molecular weight is 411 g/mol. The number of carbonyl (C=O) groups excluding carboxylic acids is 3. The summed E-state index contributed by atoms with van der Waals surface area (Å²) in [5.74, 6) is -0.00247. The predicted octanol–water partition coefficient (Wildman–Crippen LogP) is 2.47. The highest BCUT2D eigenvalue weighted by molar-refractivity contribution is 6.07. The number of hydrogen-bond donors (Lipinski definition) is 2. The number of carbonyl (C=O) groups is 3. The molecule has 4 amide bonds. The second-order valence-corrected chi connectivity index (χ2v) is 8.12. The number of imide groups is 1. The number of rotatable bonds is 5. The van der Waals surface area contributed by atoms with Gasteiger partial charge in [-0.15, -0.1) is 0 Å². The molecule has 1 fully saturated rings. The first-order valence-corrected chi connectivity index (χ1v) is 10.5. The van der Waals surface area contributed by atoms with Crippen molar-refractivity contribution in [1.82, 2.24) is 20.4 Å². The van der Waals surface area contributed by atoms with Crippen LogP contribution in [0.1, 0.15) is 31.1 Å². The van der Waals surface area contributed by atoms with Crippen LogP contribution in [-0.4, -0.2) is 66.4 Å². The summed E-state index contributed by atoms with van der Waals surface area (Å²) in [5.41, 5.74) is 0.703. The Bertz CT molecular complexity index is 914. The molecule has 0 saturated carbocycles. The van der Waals surface area contributed by atoms with Crippen LogP contribution in [0.5, 0.6) is 0 Å². The highest BCUT2D eigenvalue weighted by Crippen LogP contribution is 2.21. The van der Waals surface area contributed by atoms with Gasteiger partial charge in [-0.25, -0.2) is 4.79 Å². The summed E-state index contributed by atoms with van der Waals surface area (Å²) in [4.78, 5) is 41.1. The Hall–Kier alpha value is -2.93. The zero-order valence-electron chi connectivity index (χ0n) is 17.9. The Kier molecular flexibility index (Phi) is 7.05. The minimum atomic E-state index is -0.467. The summed E-state index contributed by atoms with van der Waals surface area (Å²) in [6.45, 7) is 8.53. The maximum atomic E-state index is 13.1. The predicted molar refractivity (Wildman–Crippen MR) is 117 cm³/mol. The molecule has 2 N–H and O–H groups in total. The summed E-state index contributed by atoms with van der Waals surface area (Å²) >= 11 is 0. The second kappa shape index (κ2) is 9.71. The van der Waals surface area contributed by atoms with Gasteiger partial charge in [-0.1, -0.05) is 50.2 Å². The molecule has 0 aromatic heterocycles. The average Bonchev–Trinajstić information content (AvgIpc) is 2.76. The van der Waals surface area contributed by atoms with E-state index in [0.717, 1.165) is 10.8 Å². The van der Waals surface area contributed by atoms with Gasteiger partial charge in [0.05, 0.1) is 6.04 Å². The van der Waals surface area contributed by atoms with Crippen molar-refractivity contribution in [3.8, 4) is 0 Å². The van der Waals surface area contributed by atoms with E-state index in [1.165, 1.54) is 0 Å². The van der Waals surface area contributed by atoms with E-state index in [1.54, 1.807) is 6.92 Å². The lowest BCUT2D eigenvalue weighted by molar-refractivity contribution is -0.125. The first-order valence-electron chi connectivity index (χ1n) is 10.5. The van der Waals surface area contributed by atoms with Crippen LogP contribution in [0.3, 0.4) is 0 Å². The molecule has 2 aromatic rings. The molecule has 7 nitrogen and oxygen atoms in total. The number of urea groups is 1. The monoisotopic (exact) mass is 410 g/mol. The molecule has 1 atom stereocenters. The van der Waals surface area contributed by atoms with Crippen molar-refractivity contribution in [2.24, 2.45) is 5.92 Å². The van der Waals surface area contributed by atoms with Crippen LogP contribution in [-0.2, 0) is 4.79 Å². The third-order valence-electron chi connectivity index (χ3n) is 5.46. The molecule has 1 aliphatic heterocycles. The summed E-state index contributed by atoms with van der Waals surface area (Å²) < 4.78 is 0. The van der Waals surface area contributed by atoms with E-state index < -0.39 is 12.1 Å². The van der Waals surface area contributed by atoms with Gasteiger partial charge in [0.25, 0.3) is 5.91 Å². The van der Waals surface area contributed by atoms with Crippen molar-refractivity contribution >= 4 is 28.6 Å². The molecule has 1 unspecified atom stereocenters. The fourth-order valence-corrected chi connectivity index (χ4v) is 3.62. The Morgan fingerprint density at radius 3 is 2.30 bits per heavy atom. The molecule has 1 aliphatic rings. The van der Waals surface area contributed by atoms with Crippen molar-refractivity contribution in [2.75, 3.05) is 32.7 Å². The summed E-state index contributed by atoms with van der Waals surface area (Å²) in [6, 6.07) is 12.7. The maximum Gasteiger partial charge on any atom is 0.321 e. The van der Waals surface area contributed by atoms with Crippen LogP contribution in [0.2, 0.25) is 0 Å². The van der Waals surface area contributed by atoms with Crippen LogP contribution in [0.15, 0.2) is 42.5 Å². The smallest absolute Gasteiger partial charge is 0.321 e. The van der Waals surface area contributed by atoms with Gasteiger partial charge in [-0.05, 0) is 29.7 Å². The molecule has 1 heterocycles. The first-order chi connectivity index (χ1) is 14.4. The molecule has 3 rings (SSSR count). The second-order valence-electron chi connectivity index (χ2n) is 8.12. The van der Waals surface area contributed by atoms with E-state index in [1.807, 2.05) is 66.1 Å². The number of fused-ring (bicyclic) bond motifs is 1. The topological polar surface area (TPSA) is 81.8 Å². The third-order valence-corrected chi connectivity index (χ3v) is 5.46. The molecule has 7 heteroatoms. The Balaban J connectivity index is 1.55. The van der Waals surface area contributed by atoms with Gasteiger partial charge in [0.15, 0.2) is 0 Å². The van der Waals surface area contributed by atoms with E-state index in [-0.39, 0.29) is 11.8 Å². The van der Waals surface area contributed by atoms with E-state index >= 15 is 0 Å². The van der Waals surface area contributed by atoms with Gasteiger partial charge in [-0.2, -0.15) is 0 Å². The molecule has 0 spiro atoms. The lowest BCUT2D eigenvalue weighted by atomic mass is 10.0. The highest BCUT2D eigenvalue weighted by Gasteiger charge is 2.29. The van der Waals surface area contributed by atoms with Gasteiger partial charge in [0.1, 0.15) is 0 Å². The first kappa shape index (κ1) is 21.8. The molecule has 1 saturated heterocycles. The third kappa shape index (κ3) is 5.16. The number of nitrogens with zero attached hydrogens (tertiary/aromatic N) is 2. The van der Waals surface area contributed by atoms with E-state index in [2.05, 4.69) is 10.6 Å². The van der Waals surface area contributed by atoms with Gasteiger partial charge in [0, 0.05) is 38.3 Å². The number of amides is 4.